The van der Waals surface area contributed by atoms with Gasteiger partial charge in [0, 0.05) is 26.3 Å². The van der Waals surface area contributed by atoms with Crippen LogP contribution in [0.25, 0.3) is 0 Å². The van der Waals surface area contributed by atoms with Crippen molar-refractivity contribution in [2.45, 2.75) is 24.6 Å². The number of nitrogens with one attached hydrogen (secondary N) is 1. The van der Waals surface area contributed by atoms with E-state index in [9.17, 15) is 14.9 Å². The van der Waals surface area contributed by atoms with Crippen molar-refractivity contribution in [2.24, 2.45) is 0 Å². The van der Waals surface area contributed by atoms with Crippen LogP contribution in [0.5, 0.6) is 5.75 Å². The Balaban J connectivity index is 2.04. The van der Waals surface area contributed by atoms with Gasteiger partial charge < -0.3 is 19.8 Å². The fourth-order valence-electron chi connectivity index (χ4n) is 4.04. The molecule has 0 aromatic heterocycles. The van der Waals surface area contributed by atoms with Crippen LogP contribution in [-0.4, -0.2) is 56.0 Å². The summed E-state index contributed by atoms with van der Waals surface area (Å²) >= 11 is 0. The minimum Gasteiger partial charge on any atom is -0.410 e. The Kier molecular flexibility index (Phi) is 3.75. The average molecular weight is 336 g/mol. The molecule has 0 bridgehead atoms. The third-order valence-corrected chi connectivity index (χ3v) is 5.00. The van der Waals surface area contributed by atoms with E-state index < -0.39 is 22.7 Å². The second-order valence-electron chi connectivity index (χ2n) is 6.34. The van der Waals surface area contributed by atoms with Crippen molar-refractivity contribution in [3.8, 4) is 5.75 Å². The lowest BCUT2D eigenvalue weighted by molar-refractivity contribution is -0.769. The molecule has 1 aromatic rings. The number of rotatable bonds is 3. The van der Waals surface area contributed by atoms with E-state index in [1.807, 2.05) is 32.0 Å². The number of anilines is 1. The van der Waals surface area contributed by atoms with Crippen molar-refractivity contribution in [1.29, 1.82) is 0 Å². The number of likely N-dealkylation sites (tertiary alicyclic amines) is 1. The van der Waals surface area contributed by atoms with Gasteiger partial charge in [-0.2, -0.15) is 0 Å². The number of hydrogen-bond acceptors (Lipinski definition) is 7. The van der Waals surface area contributed by atoms with Gasteiger partial charge in [-0.3, -0.25) is 4.90 Å². The van der Waals surface area contributed by atoms with Gasteiger partial charge in [-0.05, 0) is 37.7 Å². The van der Waals surface area contributed by atoms with Gasteiger partial charge in [0.05, 0.1) is 11.6 Å². The molecule has 1 fully saturated rings. The summed E-state index contributed by atoms with van der Waals surface area (Å²) in [6, 6.07) is 5.32. The van der Waals surface area contributed by atoms with E-state index in [4.69, 9.17) is 9.57 Å². The lowest BCUT2D eigenvalue weighted by Crippen LogP contribution is -2.48. The van der Waals surface area contributed by atoms with Crippen molar-refractivity contribution in [2.75, 3.05) is 32.6 Å². The summed E-state index contributed by atoms with van der Waals surface area (Å²) in [5.74, 6) is 0.387. The van der Waals surface area contributed by atoms with Crippen molar-refractivity contribution in [3.63, 3.8) is 0 Å². The maximum Gasteiger partial charge on any atom is 0.412 e. The average Bonchev–Trinajstić information content (AvgIpc) is 2.89. The van der Waals surface area contributed by atoms with Crippen LogP contribution in [0, 0.1) is 10.1 Å². The lowest BCUT2D eigenvalue weighted by atomic mass is 9.79. The minimum atomic E-state index is -0.741. The maximum atomic E-state index is 11.4. The molecule has 1 amide bonds. The van der Waals surface area contributed by atoms with Crippen molar-refractivity contribution in [1.82, 2.24) is 10.2 Å². The number of benzene rings is 1. The van der Waals surface area contributed by atoms with Gasteiger partial charge in [0.2, 0.25) is 0 Å². The van der Waals surface area contributed by atoms with E-state index in [-0.39, 0.29) is 6.17 Å². The Morgan fingerprint density at radius 2 is 2.17 bits per heavy atom. The minimum absolute atomic E-state index is 0.0762. The number of carbonyl (C=O) groups is 1. The zero-order chi connectivity index (χ0) is 17.6. The predicted molar refractivity (Wildman–Crippen MR) is 85.6 cm³/mol. The molecule has 0 radical (unpaired) electrons. The summed E-state index contributed by atoms with van der Waals surface area (Å²) in [6.07, 6.45) is -1.25. The van der Waals surface area contributed by atoms with Gasteiger partial charge in [-0.15, -0.1) is 10.1 Å². The van der Waals surface area contributed by atoms with Crippen LogP contribution in [-0.2, 0) is 10.3 Å². The highest BCUT2D eigenvalue weighted by molar-refractivity contribution is 5.72. The lowest BCUT2D eigenvalue weighted by Gasteiger charge is -2.33. The molecule has 1 aromatic carbocycles. The Labute approximate surface area is 139 Å². The van der Waals surface area contributed by atoms with Crippen molar-refractivity contribution in [3.05, 3.63) is 33.9 Å². The third-order valence-electron chi connectivity index (χ3n) is 5.00. The van der Waals surface area contributed by atoms with Crippen LogP contribution in [0.3, 0.4) is 0 Å². The largest absolute Gasteiger partial charge is 0.412 e. The van der Waals surface area contributed by atoms with E-state index in [0.717, 1.165) is 11.3 Å². The number of ether oxygens (including phenoxy) is 1. The Morgan fingerprint density at radius 1 is 1.46 bits per heavy atom. The molecule has 2 aliphatic heterocycles. The number of amides is 1. The molecule has 9 nitrogen and oxygen atoms in total. The summed E-state index contributed by atoms with van der Waals surface area (Å²) in [5.41, 5.74) is 1.19. The molecular weight excluding hydrogens is 316 g/mol. The number of nitrogens with zero attached hydrogens (tertiary/aromatic N) is 3. The summed E-state index contributed by atoms with van der Waals surface area (Å²) < 4.78 is 5.20. The van der Waals surface area contributed by atoms with E-state index in [1.54, 1.807) is 12.1 Å². The Hall–Kier alpha value is -2.55. The van der Waals surface area contributed by atoms with Gasteiger partial charge in [-0.1, -0.05) is 0 Å². The second kappa shape index (κ2) is 5.52. The fourth-order valence-corrected chi connectivity index (χ4v) is 4.04. The van der Waals surface area contributed by atoms with Crippen LogP contribution in [0.2, 0.25) is 0 Å². The highest BCUT2D eigenvalue weighted by Crippen LogP contribution is 2.52. The molecule has 2 aliphatic rings. The number of fused-ring (bicyclic) bond motifs is 3. The normalized spacial score (nSPS) is 28.2. The maximum absolute atomic E-state index is 11.4. The molecule has 3 unspecified atom stereocenters. The number of hydrogen-bond donors (Lipinski definition) is 1. The van der Waals surface area contributed by atoms with Gasteiger partial charge in [0.15, 0.2) is 0 Å². The highest BCUT2D eigenvalue weighted by Gasteiger charge is 2.59. The first-order valence-electron chi connectivity index (χ1n) is 7.57. The second-order valence-corrected chi connectivity index (χ2v) is 6.34. The van der Waals surface area contributed by atoms with E-state index in [0.29, 0.717) is 12.3 Å². The predicted octanol–water partition coefficient (Wildman–Crippen LogP) is 0.961. The quantitative estimate of drug-likeness (QED) is 0.648. The highest BCUT2D eigenvalue weighted by atomic mass is 17.0. The van der Waals surface area contributed by atoms with Crippen LogP contribution in [0.4, 0.5) is 10.5 Å². The fraction of sp³-hybridized carbons (Fsp3) is 0.533. The number of likely N-dealkylation sites (N-methyl/N-ethyl adjacent to an activating group) is 2. The van der Waals surface area contributed by atoms with Crippen LogP contribution in [0.1, 0.15) is 12.5 Å². The van der Waals surface area contributed by atoms with Crippen LogP contribution < -0.4 is 15.0 Å². The topological polar surface area (TPSA) is 97.2 Å². The summed E-state index contributed by atoms with van der Waals surface area (Å²) in [6.45, 7) is 2.38. The Bertz CT molecular complexity index is 696. The van der Waals surface area contributed by atoms with E-state index in [2.05, 4.69) is 10.2 Å². The molecular formula is C15H20N4O5. The van der Waals surface area contributed by atoms with Crippen molar-refractivity contribution >= 4 is 11.8 Å². The molecule has 2 heterocycles. The van der Waals surface area contributed by atoms with Gasteiger partial charge >= 0.3 is 6.09 Å². The van der Waals surface area contributed by atoms with Crippen molar-refractivity contribution < 1.29 is 19.5 Å². The molecule has 0 aliphatic carbocycles. The smallest absolute Gasteiger partial charge is 0.410 e. The molecule has 24 heavy (non-hydrogen) atoms. The van der Waals surface area contributed by atoms with E-state index >= 15 is 0 Å². The molecule has 1 saturated heterocycles. The standard InChI is InChI=1S/C15H20N4O5/c1-15-10-7-9(23-14(20)16-2)5-6-11(10)18(4)13(15)17(3)8-12(15)24-19(21)22/h5-7,12-13H,8H2,1-4H3,(H,16,20). The zero-order valence-electron chi connectivity index (χ0n) is 14.0. The molecule has 3 rings (SSSR count). The Morgan fingerprint density at radius 3 is 2.79 bits per heavy atom. The van der Waals surface area contributed by atoms with Gasteiger partial charge in [-0.25, -0.2) is 4.79 Å². The molecule has 3 atom stereocenters. The zero-order valence-corrected chi connectivity index (χ0v) is 14.0. The van der Waals surface area contributed by atoms with Crippen LogP contribution >= 0.6 is 0 Å². The summed E-state index contributed by atoms with van der Waals surface area (Å²) in [4.78, 5) is 31.4. The molecule has 1 N–H and O–H groups in total. The monoisotopic (exact) mass is 336 g/mol. The number of carbonyl (C=O) groups excluding carboxylic acids is 1. The molecule has 9 heteroatoms. The first kappa shape index (κ1) is 16.3. The first-order chi connectivity index (χ1) is 11.3. The molecule has 130 valence electrons. The van der Waals surface area contributed by atoms with Gasteiger partial charge in [0.25, 0.3) is 5.09 Å². The third kappa shape index (κ3) is 2.23. The molecule has 0 saturated carbocycles. The SMILES string of the molecule is CNC(=O)Oc1ccc2c(c1)C1(C)C(O[N+](=O)[O-])CN(C)C1N2C. The summed E-state index contributed by atoms with van der Waals surface area (Å²) in [5, 5.41) is 12.6. The van der Waals surface area contributed by atoms with Crippen LogP contribution in [0.15, 0.2) is 18.2 Å². The first-order valence-corrected chi connectivity index (χ1v) is 7.57. The molecule has 0 spiro atoms. The van der Waals surface area contributed by atoms with Gasteiger partial charge in [0.1, 0.15) is 11.9 Å². The summed E-state index contributed by atoms with van der Waals surface area (Å²) in [7, 11) is 5.34. The van der Waals surface area contributed by atoms with E-state index in [1.165, 1.54) is 7.05 Å².